The number of hydrogen-bond donors (Lipinski definition) is 1. The molecule has 0 aromatic heterocycles. The molecule has 1 aliphatic carbocycles. The number of sulfone groups is 1. The lowest BCUT2D eigenvalue weighted by Crippen LogP contribution is -2.28. The van der Waals surface area contributed by atoms with Crippen molar-refractivity contribution >= 4 is 9.84 Å². The van der Waals surface area contributed by atoms with Crippen LogP contribution in [0.2, 0.25) is 0 Å². The molecule has 1 aromatic carbocycles. The molecule has 4 nitrogen and oxygen atoms in total. The second kappa shape index (κ2) is 7.80. The Labute approximate surface area is 127 Å². The van der Waals surface area contributed by atoms with Crippen LogP contribution in [0.15, 0.2) is 29.2 Å². The molecule has 1 N–H and O–H groups in total. The highest BCUT2D eigenvalue weighted by Gasteiger charge is 2.12. The van der Waals surface area contributed by atoms with Crippen molar-refractivity contribution in [2.24, 2.45) is 5.92 Å². The van der Waals surface area contributed by atoms with Crippen LogP contribution in [-0.2, 0) is 9.84 Å². The maximum absolute atomic E-state index is 11.3. The first-order valence-electron chi connectivity index (χ1n) is 7.69. The van der Waals surface area contributed by atoms with Crippen molar-refractivity contribution in [3.05, 3.63) is 24.3 Å². The molecule has 2 rings (SSSR count). The fraction of sp³-hybridized carbons (Fsp3) is 0.625. The van der Waals surface area contributed by atoms with Gasteiger partial charge in [-0.1, -0.05) is 19.3 Å². The van der Waals surface area contributed by atoms with E-state index in [-0.39, 0.29) is 0 Å². The molecule has 0 saturated heterocycles. The van der Waals surface area contributed by atoms with Crippen LogP contribution in [0.25, 0.3) is 0 Å². The normalized spacial score (nSPS) is 16.8. The van der Waals surface area contributed by atoms with Crippen LogP contribution in [0.5, 0.6) is 5.75 Å². The van der Waals surface area contributed by atoms with E-state index in [0.29, 0.717) is 17.3 Å². The molecule has 0 spiro atoms. The molecule has 118 valence electrons. The van der Waals surface area contributed by atoms with Crippen LogP contribution in [0.1, 0.15) is 32.1 Å². The molecule has 21 heavy (non-hydrogen) atoms. The summed E-state index contributed by atoms with van der Waals surface area (Å²) >= 11 is 0. The van der Waals surface area contributed by atoms with Crippen molar-refractivity contribution in [3.63, 3.8) is 0 Å². The van der Waals surface area contributed by atoms with Crippen molar-refractivity contribution in [3.8, 4) is 5.75 Å². The van der Waals surface area contributed by atoms with E-state index in [1.165, 1.54) is 38.4 Å². The summed E-state index contributed by atoms with van der Waals surface area (Å²) in [5.41, 5.74) is 0. The minimum Gasteiger partial charge on any atom is -0.492 e. The fourth-order valence-corrected chi connectivity index (χ4v) is 3.35. The number of hydrogen-bond acceptors (Lipinski definition) is 4. The molecule has 0 aliphatic heterocycles. The maximum Gasteiger partial charge on any atom is 0.175 e. The molecule has 0 atom stereocenters. The SMILES string of the molecule is CS(=O)(=O)c1ccc(OCCNCC2CCCCC2)cc1. The summed E-state index contributed by atoms with van der Waals surface area (Å²) in [7, 11) is -3.13. The first-order valence-corrected chi connectivity index (χ1v) is 9.58. The van der Waals surface area contributed by atoms with Gasteiger partial charge >= 0.3 is 0 Å². The minimum atomic E-state index is -3.13. The van der Waals surface area contributed by atoms with Gasteiger partial charge in [-0.15, -0.1) is 0 Å². The molecule has 1 saturated carbocycles. The molecule has 0 bridgehead atoms. The lowest BCUT2D eigenvalue weighted by Gasteiger charge is -2.21. The molecule has 0 radical (unpaired) electrons. The molecule has 1 aromatic rings. The number of ether oxygens (including phenoxy) is 1. The third kappa shape index (κ3) is 5.67. The highest BCUT2D eigenvalue weighted by atomic mass is 32.2. The van der Waals surface area contributed by atoms with Crippen LogP contribution >= 0.6 is 0 Å². The van der Waals surface area contributed by atoms with Crippen molar-refractivity contribution < 1.29 is 13.2 Å². The molecule has 0 amide bonds. The largest absolute Gasteiger partial charge is 0.492 e. The first kappa shape index (κ1) is 16.3. The summed E-state index contributed by atoms with van der Waals surface area (Å²) in [6.45, 7) is 2.51. The Morgan fingerprint density at radius 2 is 1.81 bits per heavy atom. The van der Waals surface area contributed by atoms with E-state index in [1.54, 1.807) is 24.3 Å². The van der Waals surface area contributed by atoms with Gasteiger partial charge in [-0.25, -0.2) is 8.42 Å². The van der Waals surface area contributed by atoms with Gasteiger partial charge in [0.15, 0.2) is 9.84 Å². The molecule has 1 fully saturated rings. The van der Waals surface area contributed by atoms with Crippen molar-refractivity contribution in [2.45, 2.75) is 37.0 Å². The van der Waals surface area contributed by atoms with Crippen molar-refractivity contribution in [1.29, 1.82) is 0 Å². The Balaban J connectivity index is 1.64. The third-order valence-electron chi connectivity index (χ3n) is 3.96. The smallest absolute Gasteiger partial charge is 0.175 e. The summed E-state index contributed by atoms with van der Waals surface area (Å²) in [6, 6.07) is 6.58. The predicted molar refractivity (Wildman–Crippen MR) is 84.5 cm³/mol. The summed E-state index contributed by atoms with van der Waals surface area (Å²) in [6.07, 6.45) is 8.04. The lowest BCUT2D eigenvalue weighted by atomic mass is 9.89. The number of nitrogens with one attached hydrogen (secondary N) is 1. The van der Waals surface area contributed by atoms with Gasteiger partial charge in [0.25, 0.3) is 0 Å². The van der Waals surface area contributed by atoms with Gasteiger partial charge in [0, 0.05) is 12.8 Å². The maximum atomic E-state index is 11.3. The van der Waals surface area contributed by atoms with E-state index < -0.39 is 9.84 Å². The van der Waals surface area contributed by atoms with Gasteiger partial charge < -0.3 is 10.1 Å². The molecule has 1 aliphatic rings. The number of rotatable bonds is 7. The Kier molecular flexibility index (Phi) is 6.06. The van der Waals surface area contributed by atoms with E-state index in [0.717, 1.165) is 19.0 Å². The summed E-state index contributed by atoms with van der Waals surface area (Å²) in [5, 5.41) is 3.44. The van der Waals surface area contributed by atoms with Crippen LogP contribution in [0.4, 0.5) is 0 Å². The average Bonchev–Trinajstić information content (AvgIpc) is 2.47. The van der Waals surface area contributed by atoms with Gasteiger partial charge in [0.05, 0.1) is 4.90 Å². The predicted octanol–water partition coefficient (Wildman–Crippen LogP) is 2.64. The zero-order chi connectivity index (χ0) is 15.1. The summed E-state index contributed by atoms with van der Waals surface area (Å²) in [4.78, 5) is 0.324. The fourth-order valence-electron chi connectivity index (χ4n) is 2.72. The Morgan fingerprint density at radius 3 is 2.43 bits per heavy atom. The van der Waals surface area contributed by atoms with Crippen molar-refractivity contribution in [2.75, 3.05) is 26.0 Å². The Bertz CT molecular complexity index is 519. The minimum absolute atomic E-state index is 0.324. The van der Waals surface area contributed by atoms with Crippen LogP contribution in [-0.4, -0.2) is 34.4 Å². The molecule has 0 unspecified atom stereocenters. The van der Waals surface area contributed by atoms with Crippen LogP contribution in [0, 0.1) is 5.92 Å². The summed E-state index contributed by atoms with van der Waals surface area (Å²) in [5.74, 6) is 1.54. The standard InChI is InChI=1S/C16H25NO3S/c1-21(18,19)16-9-7-15(8-10-16)20-12-11-17-13-14-5-3-2-4-6-14/h7-10,14,17H,2-6,11-13H2,1H3. The molecule has 5 heteroatoms. The second-order valence-electron chi connectivity index (χ2n) is 5.80. The second-order valence-corrected chi connectivity index (χ2v) is 7.82. The monoisotopic (exact) mass is 311 g/mol. The third-order valence-corrected chi connectivity index (χ3v) is 5.09. The molecular weight excluding hydrogens is 286 g/mol. The van der Waals surface area contributed by atoms with Crippen molar-refractivity contribution in [1.82, 2.24) is 5.32 Å². The topological polar surface area (TPSA) is 55.4 Å². The quantitative estimate of drug-likeness (QED) is 0.787. The van der Waals surface area contributed by atoms with E-state index in [4.69, 9.17) is 4.74 Å². The Morgan fingerprint density at radius 1 is 1.14 bits per heavy atom. The summed E-state index contributed by atoms with van der Waals surface area (Å²) < 4.78 is 28.3. The van der Waals surface area contributed by atoms with E-state index in [9.17, 15) is 8.42 Å². The highest BCUT2D eigenvalue weighted by Crippen LogP contribution is 2.22. The molecule has 0 heterocycles. The van der Waals surface area contributed by atoms with Gasteiger partial charge in [0.2, 0.25) is 0 Å². The molecular formula is C16H25NO3S. The number of benzene rings is 1. The zero-order valence-corrected chi connectivity index (χ0v) is 13.5. The van der Waals surface area contributed by atoms with E-state index in [2.05, 4.69) is 5.32 Å². The van der Waals surface area contributed by atoms with Gasteiger partial charge in [0.1, 0.15) is 12.4 Å². The van der Waals surface area contributed by atoms with Crippen LogP contribution in [0.3, 0.4) is 0 Å². The zero-order valence-electron chi connectivity index (χ0n) is 12.7. The highest BCUT2D eigenvalue weighted by molar-refractivity contribution is 7.90. The Hall–Kier alpha value is -1.07. The first-order chi connectivity index (χ1) is 10.1. The lowest BCUT2D eigenvalue weighted by molar-refractivity contribution is 0.294. The van der Waals surface area contributed by atoms with Crippen LogP contribution < -0.4 is 10.1 Å². The van der Waals surface area contributed by atoms with Gasteiger partial charge in [-0.05, 0) is 49.6 Å². The van der Waals surface area contributed by atoms with E-state index in [1.807, 2.05) is 0 Å². The van der Waals surface area contributed by atoms with Gasteiger partial charge in [-0.3, -0.25) is 0 Å². The van der Waals surface area contributed by atoms with Gasteiger partial charge in [-0.2, -0.15) is 0 Å². The average molecular weight is 311 g/mol. The van der Waals surface area contributed by atoms with E-state index >= 15 is 0 Å².